The zero-order chi connectivity index (χ0) is 19.0. The molecule has 27 heavy (non-hydrogen) atoms. The van der Waals surface area contributed by atoms with E-state index in [9.17, 15) is 14.7 Å². The lowest BCUT2D eigenvalue weighted by atomic mass is 9.90. The first-order valence-corrected chi connectivity index (χ1v) is 9.14. The number of likely N-dealkylation sites (tertiary alicyclic amines) is 1. The van der Waals surface area contributed by atoms with Crippen LogP contribution in [0.3, 0.4) is 0 Å². The summed E-state index contributed by atoms with van der Waals surface area (Å²) in [6.45, 7) is 2.86. The fourth-order valence-electron chi connectivity index (χ4n) is 4.08. The molecule has 1 fully saturated rings. The second kappa shape index (κ2) is 6.70. The maximum atomic E-state index is 12.4. The molecular formula is C21H22N2O4. The lowest BCUT2D eigenvalue weighted by molar-refractivity contribution is -0.151. The lowest BCUT2D eigenvalue weighted by Crippen LogP contribution is -2.74. The topological polar surface area (TPSA) is 78.9 Å². The van der Waals surface area contributed by atoms with Gasteiger partial charge in [-0.2, -0.15) is 0 Å². The molecule has 1 aliphatic carbocycles. The maximum Gasteiger partial charge on any atom is 0.409 e. The van der Waals surface area contributed by atoms with E-state index in [1.807, 2.05) is 31.2 Å². The number of nitrogens with one attached hydrogen (secondary N) is 1. The Morgan fingerprint density at radius 3 is 2.19 bits per heavy atom. The maximum absolute atomic E-state index is 12.4. The summed E-state index contributed by atoms with van der Waals surface area (Å²) < 4.78 is 5.56. The molecule has 0 atom stereocenters. The smallest absolute Gasteiger partial charge is 0.409 e. The van der Waals surface area contributed by atoms with Crippen LogP contribution in [0.4, 0.5) is 4.79 Å². The molecule has 2 N–H and O–H groups in total. The van der Waals surface area contributed by atoms with Crippen molar-refractivity contribution >= 4 is 12.1 Å². The third-order valence-electron chi connectivity index (χ3n) is 5.44. The van der Waals surface area contributed by atoms with Gasteiger partial charge in [-0.15, -0.1) is 0 Å². The van der Waals surface area contributed by atoms with Crippen molar-refractivity contribution in [1.82, 2.24) is 10.2 Å². The van der Waals surface area contributed by atoms with E-state index in [1.165, 1.54) is 16.0 Å². The Balaban J connectivity index is 1.44. The number of hydrogen-bond donors (Lipinski definition) is 2. The molecular weight excluding hydrogens is 344 g/mol. The van der Waals surface area contributed by atoms with Crippen molar-refractivity contribution in [3.63, 3.8) is 0 Å². The first-order chi connectivity index (χ1) is 13.1. The highest BCUT2D eigenvalue weighted by molar-refractivity contribution is 5.84. The molecule has 6 nitrogen and oxygen atoms in total. The van der Waals surface area contributed by atoms with Crippen molar-refractivity contribution in [3.05, 3.63) is 59.7 Å². The normalized spacial score (nSPS) is 17.0. The van der Waals surface area contributed by atoms with Crippen molar-refractivity contribution < 1.29 is 19.4 Å². The molecule has 2 aromatic rings. The molecule has 0 bridgehead atoms. The van der Waals surface area contributed by atoms with Crippen molar-refractivity contribution in [1.29, 1.82) is 0 Å². The van der Waals surface area contributed by atoms with Crippen LogP contribution in [0.15, 0.2) is 48.5 Å². The fourth-order valence-corrected chi connectivity index (χ4v) is 4.08. The first-order valence-electron chi connectivity index (χ1n) is 9.14. The van der Waals surface area contributed by atoms with Crippen molar-refractivity contribution in [2.45, 2.75) is 18.4 Å². The van der Waals surface area contributed by atoms with E-state index >= 15 is 0 Å². The van der Waals surface area contributed by atoms with Gasteiger partial charge in [-0.25, -0.2) is 4.79 Å². The van der Waals surface area contributed by atoms with Gasteiger partial charge in [0, 0.05) is 5.92 Å². The molecule has 1 amide bonds. The van der Waals surface area contributed by atoms with Crippen LogP contribution in [0, 0.1) is 0 Å². The predicted molar refractivity (Wildman–Crippen MR) is 101 cm³/mol. The number of likely N-dealkylation sites (N-methyl/N-ethyl adjacent to an activating group) is 1. The number of benzene rings is 2. The molecule has 2 aliphatic rings. The Bertz CT molecular complexity index is 844. The SMILES string of the molecule is CCNC1(C(=O)O)CN(C(=O)OCC2c3ccccc3-c3ccccc32)C1. The minimum atomic E-state index is -1.06. The third-order valence-corrected chi connectivity index (χ3v) is 5.44. The molecule has 6 heteroatoms. The Morgan fingerprint density at radius 2 is 1.67 bits per heavy atom. The van der Waals surface area contributed by atoms with Crippen LogP contribution in [-0.4, -0.2) is 53.8 Å². The van der Waals surface area contributed by atoms with Gasteiger partial charge in [0.1, 0.15) is 6.61 Å². The summed E-state index contributed by atoms with van der Waals surface area (Å²) in [6.07, 6.45) is -0.466. The zero-order valence-corrected chi connectivity index (χ0v) is 15.1. The monoisotopic (exact) mass is 366 g/mol. The van der Waals surface area contributed by atoms with Gasteiger partial charge >= 0.3 is 12.1 Å². The fraction of sp³-hybridized carbons (Fsp3) is 0.333. The molecule has 0 radical (unpaired) electrons. The summed E-state index contributed by atoms with van der Waals surface area (Å²) in [5.41, 5.74) is 3.61. The highest BCUT2D eigenvalue weighted by atomic mass is 16.6. The number of fused-ring (bicyclic) bond motifs is 3. The number of hydrogen-bond acceptors (Lipinski definition) is 4. The van der Waals surface area contributed by atoms with E-state index in [1.54, 1.807) is 0 Å². The van der Waals surface area contributed by atoms with E-state index in [0.29, 0.717) is 6.54 Å². The molecule has 140 valence electrons. The molecule has 4 rings (SSSR count). The van der Waals surface area contributed by atoms with Crippen LogP contribution in [-0.2, 0) is 9.53 Å². The molecule has 1 saturated heterocycles. The van der Waals surface area contributed by atoms with E-state index in [-0.39, 0.29) is 25.6 Å². The van der Waals surface area contributed by atoms with Gasteiger partial charge in [0.25, 0.3) is 0 Å². The van der Waals surface area contributed by atoms with Gasteiger partial charge < -0.3 is 14.7 Å². The Morgan fingerprint density at radius 1 is 1.11 bits per heavy atom. The summed E-state index contributed by atoms with van der Waals surface area (Å²) in [7, 11) is 0. The molecule has 1 heterocycles. The number of nitrogens with zero attached hydrogens (tertiary/aromatic N) is 1. The Hall–Kier alpha value is -2.86. The molecule has 0 saturated carbocycles. The Labute approximate surface area is 157 Å². The summed E-state index contributed by atoms with van der Waals surface area (Å²) in [4.78, 5) is 25.3. The number of carboxylic acid groups (broad SMARTS) is 1. The van der Waals surface area contributed by atoms with Crippen LogP contribution in [0.5, 0.6) is 0 Å². The van der Waals surface area contributed by atoms with Gasteiger partial charge in [-0.05, 0) is 28.8 Å². The summed E-state index contributed by atoms with van der Waals surface area (Å²) in [6, 6.07) is 16.3. The minimum absolute atomic E-state index is 0.000578. The molecule has 0 aromatic heterocycles. The van der Waals surface area contributed by atoms with Gasteiger partial charge in [-0.3, -0.25) is 10.1 Å². The number of carbonyl (C=O) groups excluding carboxylic acids is 1. The summed E-state index contributed by atoms with van der Waals surface area (Å²) >= 11 is 0. The quantitative estimate of drug-likeness (QED) is 0.851. The largest absolute Gasteiger partial charge is 0.480 e. The number of aliphatic carboxylic acids is 1. The minimum Gasteiger partial charge on any atom is -0.480 e. The number of carboxylic acids is 1. The van der Waals surface area contributed by atoms with Crippen molar-refractivity contribution in [2.75, 3.05) is 26.2 Å². The van der Waals surface area contributed by atoms with Gasteiger partial charge in [0.15, 0.2) is 5.54 Å². The molecule has 2 aromatic carbocycles. The van der Waals surface area contributed by atoms with E-state index in [4.69, 9.17) is 4.74 Å². The van der Waals surface area contributed by atoms with Gasteiger partial charge in [0.2, 0.25) is 0 Å². The van der Waals surface area contributed by atoms with Crippen molar-refractivity contribution in [2.24, 2.45) is 0 Å². The molecule has 0 unspecified atom stereocenters. The van der Waals surface area contributed by atoms with Crippen LogP contribution in [0.1, 0.15) is 24.0 Å². The number of amides is 1. The second-order valence-electron chi connectivity index (χ2n) is 7.08. The van der Waals surface area contributed by atoms with Gasteiger partial charge in [-0.1, -0.05) is 55.5 Å². The van der Waals surface area contributed by atoms with Crippen LogP contribution >= 0.6 is 0 Å². The first kappa shape index (κ1) is 17.5. The van der Waals surface area contributed by atoms with Crippen LogP contribution in [0.2, 0.25) is 0 Å². The van der Waals surface area contributed by atoms with Crippen molar-refractivity contribution in [3.8, 4) is 11.1 Å². The highest BCUT2D eigenvalue weighted by Crippen LogP contribution is 2.44. The van der Waals surface area contributed by atoms with Gasteiger partial charge in [0.05, 0.1) is 13.1 Å². The van der Waals surface area contributed by atoms with Crippen LogP contribution < -0.4 is 5.32 Å². The number of rotatable bonds is 5. The predicted octanol–water partition coefficient (Wildman–Crippen LogP) is 2.68. The molecule has 0 spiro atoms. The molecule has 1 aliphatic heterocycles. The number of carbonyl (C=O) groups is 2. The average molecular weight is 366 g/mol. The third kappa shape index (κ3) is 2.86. The average Bonchev–Trinajstić information content (AvgIpc) is 2.96. The van der Waals surface area contributed by atoms with E-state index in [2.05, 4.69) is 29.6 Å². The summed E-state index contributed by atoms with van der Waals surface area (Å²) in [5.74, 6) is -0.937. The van der Waals surface area contributed by atoms with E-state index < -0.39 is 17.6 Å². The highest BCUT2D eigenvalue weighted by Gasteiger charge is 2.51. The standard InChI is InChI=1S/C21H22N2O4/c1-2-22-21(19(24)25)12-23(13-21)20(26)27-11-18-16-9-5-3-7-14(16)15-8-4-6-10-17(15)18/h3-10,18,22H,2,11-13H2,1H3,(H,24,25). The van der Waals surface area contributed by atoms with Crippen LogP contribution in [0.25, 0.3) is 11.1 Å². The second-order valence-corrected chi connectivity index (χ2v) is 7.08. The Kier molecular flexibility index (Phi) is 4.36. The number of ether oxygens (including phenoxy) is 1. The zero-order valence-electron chi connectivity index (χ0n) is 15.1. The van der Waals surface area contributed by atoms with E-state index in [0.717, 1.165) is 11.1 Å². The lowest BCUT2D eigenvalue weighted by Gasteiger charge is -2.46. The summed E-state index contributed by atoms with van der Waals surface area (Å²) in [5, 5.41) is 12.3.